The van der Waals surface area contributed by atoms with Gasteiger partial charge in [-0.1, -0.05) is 36.4 Å². The molecule has 0 amide bonds. The molecule has 5 nitrogen and oxygen atoms in total. The van der Waals surface area contributed by atoms with E-state index >= 15 is 0 Å². The van der Waals surface area contributed by atoms with Crippen LogP contribution in [0.4, 0.5) is 10.1 Å². The van der Waals surface area contributed by atoms with Crippen molar-refractivity contribution in [2.45, 2.75) is 6.54 Å². The Labute approximate surface area is 191 Å². The van der Waals surface area contributed by atoms with Crippen LogP contribution in [0.3, 0.4) is 0 Å². The molecule has 0 saturated heterocycles. The first-order chi connectivity index (χ1) is 15.6. The number of hydrogen-bond donors (Lipinski definition) is 2. The van der Waals surface area contributed by atoms with Crippen LogP contribution in [-0.2, 0) is 6.54 Å². The maximum absolute atomic E-state index is 13.5. The Morgan fingerprint density at radius 3 is 2.28 bits per heavy atom. The van der Waals surface area contributed by atoms with E-state index in [0.29, 0.717) is 18.2 Å². The fourth-order valence-corrected chi connectivity index (χ4v) is 3.67. The van der Waals surface area contributed by atoms with Crippen LogP contribution >= 0.6 is 12.2 Å². The van der Waals surface area contributed by atoms with Crippen LogP contribution in [0.2, 0.25) is 0 Å². The molecule has 1 aromatic heterocycles. The predicted molar refractivity (Wildman–Crippen MR) is 129 cm³/mol. The number of nitrogens with one attached hydrogen (secondary N) is 1. The minimum atomic E-state index is -0.298. The van der Waals surface area contributed by atoms with Crippen LogP contribution in [-0.4, -0.2) is 38.1 Å². The molecule has 2 N–H and O–H groups in total. The highest BCUT2D eigenvalue weighted by atomic mass is 32.1. The average Bonchev–Trinajstić information content (AvgIpc) is 3.24. The molecule has 3 aromatic carbocycles. The van der Waals surface area contributed by atoms with Crippen LogP contribution in [0.25, 0.3) is 16.9 Å². The number of nitrogens with zero attached hydrogens (tertiary/aromatic N) is 3. The van der Waals surface area contributed by atoms with Crippen LogP contribution < -0.4 is 5.32 Å². The fourth-order valence-electron chi connectivity index (χ4n) is 3.39. The number of thiocarbonyl (C=S) groups is 1. The van der Waals surface area contributed by atoms with Crippen molar-refractivity contribution in [1.29, 1.82) is 0 Å². The first-order valence-corrected chi connectivity index (χ1v) is 10.7. The molecule has 32 heavy (non-hydrogen) atoms. The highest BCUT2D eigenvalue weighted by molar-refractivity contribution is 7.80. The predicted octanol–water partition coefficient (Wildman–Crippen LogP) is 4.87. The summed E-state index contributed by atoms with van der Waals surface area (Å²) in [5, 5.41) is 18.1. The lowest BCUT2D eigenvalue weighted by Crippen LogP contribution is -2.36. The van der Waals surface area contributed by atoms with Gasteiger partial charge in [0.1, 0.15) is 5.82 Å². The van der Waals surface area contributed by atoms with Crippen molar-refractivity contribution in [2.75, 3.05) is 18.5 Å². The van der Waals surface area contributed by atoms with Gasteiger partial charge in [0.05, 0.1) is 18.0 Å². The number of aromatic nitrogens is 2. The monoisotopic (exact) mass is 446 g/mol. The standard InChI is InChI=1S/C25H23FN4OS/c26-21-13-11-19(12-14-21)24-20(18-30(28-24)23-9-5-2-6-10-23)17-29(15-16-31)25(32)27-22-7-3-1-4-8-22/h1-14,18,31H,15-17H2,(H,27,32). The van der Waals surface area contributed by atoms with Gasteiger partial charge in [0.2, 0.25) is 0 Å². The highest BCUT2D eigenvalue weighted by Gasteiger charge is 2.18. The van der Waals surface area contributed by atoms with Gasteiger partial charge in [-0.05, 0) is 60.7 Å². The number of halogens is 1. The Hall–Kier alpha value is -3.55. The lowest BCUT2D eigenvalue weighted by molar-refractivity contribution is 0.248. The van der Waals surface area contributed by atoms with E-state index in [1.807, 2.05) is 71.8 Å². The van der Waals surface area contributed by atoms with Gasteiger partial charge in [-0.3, -0.25) is 0 Å². The summed E-state index contributed by atoms with van der Waals surface area (Å²) >= 11 is 5.63. The van der Waals surface area contributed by atoms with Crippen molar-refractivity contribution in [3.8, 4) is 16.9 Å². The van der Waals surface area contributed by atoms with Crippen LogP contribution in [0.5, 0.6) is 0 Å². The lowest BCUT2D eigenvalue weighted by atomic mass is 10.1. The molecule has 0 saturated carbocycles. The van der Waals surface area contributed by atoms with E-state index in [-0.39, 0.29) is 12.4 Å². The van der Waals surface area contributed by atoms with Crippen molar-refractivity contribution in [3.05, 3.63) is 103 Å². The third kappa shape index (κ3) is 5.19. The molecule has 7 heteroatoms. The van der Waals surface area contributed by atoms with Gasteiger partial charge in [-0.25, -0.2) is 9.07 Å². The lowest BCUT2D eigenvalue weighted by Gasteiger charge is -2.25. The second kappa shape index (κ2) is 10.2. The molecule has 0 bridgehead atoms. The van der Waals surface area contributed by atoms with E-state index in [0.717, 1.165) is 28.2 Å². The van der Waals surface area contributed by atoms with Gasteiger partial charge in [0, 0.05) is 36.1 Å². The molecule has 162 valence electrons. The third-order valence-corrected chi connectivity index (χ3v) is 5.33. The normalized spacial score (nSPS) is 10.7. The molecule has 0 aliphatic heterocycles. The van der Waals surface area contributed by atoms with Gasteiger partial charge >= 0.3 is 0 Å². The van der Waals surface area contributed by atoms with E-state index in [9.17, 15) is 9.50 Å². The Morgan fingerprint density at radius 2 is 1.62 bits per heavy atom. The molecular weight excluding hydrogens is 423 g/mol. The van der Waals surface area contributed by atoms with Crippen LogP contribution in [0.15, 0.2) is 91.1 Å². The maximum Gasteiger partial charge on any atom is 0.173 e. The van der Waals surface area contributed by atoms with Crippen molar-refractivity contribution in [3.63, 3.8) is 0 Å². The molecule has 0 aliphatic carbocycles. The van der Waals surface area contributed by atoms with E-state index in [1.165, 1.54) is 12.1 Å². The van der Waals surface area contributed by atoms with Crippen LogP contribution in [0.1, 0.15) is 5.56 Å². The summed E-state index contributed by atoms with van der Waals surface area (Å²) < 4.78 is 15.3. The van der Waals surface area contributed by atoms with E-state index in [2.05, 4.69) is 5.32 Å². The van der Waals surface area contributed by atoms with Gasteiger partial charge < -0.3 is 15.3 Å². The highest BCUT2D eigenvalue weighted by Crippen LogP contribution is 2.25. The number of para-hydroxylation sites is 2. The smallest absolute Gasteiger partial charge is 0.173 e. The van der Waals surface area contributed by atoms with Crippen molar-refractivity contribution < 1.29 is 9.50 Å². The largest absolute Gasteiger partial charge is 0.395 e. The Morgan fingerprint density at radius 1 is 0.969 bits per heavy atom. The maximum atomic E-state index is 13.5. The Kier molecular flexibility index (Phi) is 6.89. The summed E-state index contributed by atoms with van der Waals surface area (Å²) in [5.74, 6) is -0.298. The van der Waals surface area contributed by atoms with E-state index in [4.69, 9.17) is 17.3 Å². The molecule has 4 aromatic rings. The number of aliphatic hydroxyl groups is 1. The molecule has 0 spiro atoms. The minimum Gasteiger partial charge on any atom is -0.395 e. The minimum absolute atomic E-state index is 0.0463. The van der Waals surface area contributed by atoms with Gasteiger partial charge in [-0.2, -0.15) is 5.10 Å². The molecule has 0 fully saturated rings. The topological polar surface area (TPSA) is 53.3 Å². The SMILES string of the molecule is OCCN(Cc1cn(-c2ccccc2)nc1-c1ccc(F)cc1)C(=S)Nc1ccccc1. The average molecular weight is 447 g/mol. The summed E-state index contributed by atoms with van der Waals surface area (Å²) in [7, 11) is 0. The molecule has 1 heterocycles. The number of anilines is 1. The second-order valence-electron chi connectivity index (χ2n) is 7.23. The summed E-state index contributed by atoms with van der Waals surface area (Å²) in [6, 6.07) is 25.7. The zero-order chi connectivity index (χ0) is 22.3. The first kappa shape index (κ1) is 21.7. The molecule has 4 rings (SSSR count). The van der Waals surface area contributed by atoms with Gasteiger partial charge in [0.25, 0.3) is 0 Å². The van der Waals surface area contributed by atoms with Gasteiger partial charge in [0.15, 0.2) is 5.11 Å². The summed E-state index contributed by atoms with van der Waals surface area (Å²) in [6.07, 6.45) is 1.95. The molecule has 0 atom stereocenters. The number of benzene rings is 3. The van der Waals surface area contributed by atoms with Crippen molar-refractivity contribution in [2.24, 2.45) is 0 Å². The second-order valence-corrected chi connectivity index (χ2v) is 7.62. The molecular formula is C25H23FN4OS. The zero-order valence-electron chi connectivity index (χ0n) is 17.4. The third-order valence-electron chi connectivity index (χ3n) is 4.97. The van der Waals surface area contributed by atoms with Crippen molar-refractivity contribution >= 4 is 23.0 Å². The van der Waals surface area contributed by atoms with E-state index < -0.39 is 0 Å². The summed E-state index contributed by atoms with van der Waals surface area (Å²) in [5.41, 5.74) is 4.24. The number of rotatable bonds is 7. The molecule has 0 aliphatic rings. The number of hydrogen-bond acceptors (Lipinski definition) is 3. The van der Waals surface area contributed by atoms with Crippen molar-refractivity contribution in [1.82, 2.24) is 14.7 Å². The first-order valence-electron chi connectivity index (χ1n) is 10.3. The van der Waals surface area contributed by atoms with Gasteiger partial charge in [-0.15, -0.1) is 0 Å². The Bertz CT molecular complexity index is 1160. The molecule has 0 radical (unpaired) electrons. The summed E-state index contributed by atoms with van der Waals surface area (Å²) in [6.45, 7) is 0.742. The molecule has 0 unspecified atom stereocenters. The van der Waals surface area contributed by atoms with E-state index in [1.54, 1.807) is 16.8 Å². The zero-order valence-corrected chi connectivity index (χ0v) is 18.2. The fraction of sp³-hybridized carbons (Fsp3) is 0.120. The quantitative estimate of drug-likeness (QED) is 0.397. The van der Waals surface area contributed by atoms with Crippen LogP contribution in [0, 0.1) is 5.82 Å². The number of aliphatic hydroxyl groups excluding tert-OH is 1. The summed E-state index contributed by atoms with van der Waals surface area (Å²) in [4.78, 5) is 1.89. The Balaban J connectivity index is 1.67.